The van der Waals surface area contributed by atoms with Gasteiger partial charge < -0.3 is 13.5 Å². The Bertz CT molecular complexity index is 920. The van der Waals surface area contributed by atoms with Gasteiger partial charge in [0.15, 0.2) is 14.1 Å². The zero-order chi connectivity index (χ0) is 22.8. The molecule has 3 rings (SSSR count). The van der Waals surface area contributed by atoms with Crippen molar-refractivity contribution in [3.8, 4) is 0 Å². The molecule has 0 unspecified atom stereocenters. The van der Waals surface area contributed by atoms with E-state index in [1.165, 1.54) is 6.20 Å². The van der Waals surface area contributed by atoms with Crippen molar-refractivity contribution in [2.24, 2.45) is 0 Å². The first-order valence-corrected chi connectivity index (χ1v) is 13.4. The van der Waals surface area contributed by atoms with E-state index < -0.39 is 32.4 Å². The van der Waals surface area contributed by atoms with Crippen molar-refractivity contribution in [2.75, 3.05) is 0 Å². The van der Waals surface area contributed by atoms with Crippen LogP contribution in [0, 0.1) is 5.82 Å². The molecule has 0 aliphatic carbocycles. The molecule has 0 saturated carbocycles. The summed E-state index contributed by atoms with van der Waals surface area (Å²) in [5, 5.41) is 0.434. The summed E-state index contributed by atoms with van der Waals surface area (Å²) in [6.45, 7) is 21.7. The fraction of sp³-hybridized carbons (Fsp3) is 0.682. The number of pyridine rings is 1. The molecule has 4 nitrogen and oxygen atoms in total. The van der Waals surface area contributed by atoms with E-state index in [2.05, 4.69) is 50.8 Å². The summed E-state index contributed by atoms with van der Waals surface area (Å²) in [5.74, 6) is -0.454. The Hall–Kier alpha value is -0.888. The number of hydrogen-bond donors (Lipinski definition) is 0. The van der Waals surface area contributed by atoms with Crippen molar-refractivity contribution in [1.82, 2.24) is 9.22 Å². The van der Waals surface area contributed by atoms with E-state index >= 15 is 4.39 Å². The van der Waals surface area contributed by atoms with E-state index in [9.17, 15) is 0 Å². The molecule has 2 aromatic rings. The number of hydrogen-bond acceptors (Lipinski definition) is 3. The van der Waals surface area contributed by atoms with Crippen LogP contribution >= 0.6 is 11.6 Å². The van der Waals surface area contributed by atoms with Crippen molar-refractivity contribution < 1.29 is 13.7 Å². The molecule has 1 saturated heterocycles. The molecule has 1 aliphatic rings. The molecule has 8 heteroatoms. The van der Waals surface area contributed by atoms with Crippen molar-refractivity contribution in [3.63, 3.8) is 0 Å². The van der Waals surface area contributed by atoms with Crippen LogP contribution in [0.25, 0.3) is 11.0 Å². The lowest BCUT2D eigenvalue weighted by atomic mass is 9.79. The van der Waals surface area contributed by atoms with Gasteiger partial charge in [0.25, 0.3) is 0 Å². The van der Waals surface area contributed by atoms with Crippen LogP contribution in [-0.4, -0.2) is 35.8 Å². The van der Waals surface area contributed by atoms with Gasteiger partial charge in [0, 0.05) is 5.46 Å². The van der Waals surface area contributed by atoms with Gasteiger partial charge >= 0.3 is 7.12 Å². The van der Waals surface area contributed by atoms with Gasteiger partial charge in [-0.15, -0.1) is 0 Å². The third kappa shape index (κ3) is 3.28. The third-order valence-electron chi connectivity index (χ3n) is 7.44. The Kier molecular flexibility index (Phi) is 6.03. The third-order valence-corrected chi connectivity index (χ3v) is 14.4. The van der Waals surface area contributed by atoms with E-state index in [1.807, 2.05) is 33.9 Å². The van der Waals surface area contributed by atoms with Crippen molar-refractivity contribution in [2.45, 2.75) is 97.1 Å². The smallest absolute Gasteiger partial charge is 0.399 e. The summed E-state index contributed by atoms with van der Waals surface area (Å²) in [6.07, 6.45) is 3.47. The first-order chi connectivity index (χ1) is 13.7. The lowest BCUT2D eigenvalue weighted by Crippen LogP contribution is -2.52. The number of rotatable bonds is 5. The highest BCUT2D eigenvalue weighted by atomic mass is 35.5. The Balaban J connectivity index is 2.36. The van der Waals surface area contributed by atoms with Gasteiger partial charge in [-0.1, -0.05) is 53.1 Å². The fourth-order valence-electron chi connectivity index (χ4n) is 5.44. The van der Waals surface area contributed by atoms with Gasteiger partial charge in [-0.3, -0.25) is 0 Å². The van der Waals surface area contributed by atoms with Crippen LogP contribution in [0.1, 0.15) is 69.2 Å². The highest BCUT2D eigenvalue weighted by molar-refractivity contribution is 6.83. The lowest BCUT2D eigenvalue weighted by molar-refractivity contribution is 0.00578. The maximum Gasteiger partial charge on any atom is 0.497 e. The molecule has 166 valence electrons. The summed E-state index contributed by atoms with van der Waals surface area (Å²) < 4.78 is 30.3. The van der Waals surface area contributed by atoms with E-state index in [0.717, 1.165) is 0 Å². The predicted octanol–water partition coefficient (Wildman–Crippen LogP) is 6.15. The maximum absolute atomic E-state index is 15.4. The SMILES string of the molecule is CC(C)[Si](C(C)C)(C(C)C)n1cc(B2OC(C)(C)C(C)(C)O2)c2c(F)c(Cl)cnc21. The maximum atomic E-state index is 15.4. The minimum atomic E-state index is -2.18. The molecule has 1 fully saturated rings. The molecular weight excluding hydrogens is 418 g/mol. The van der Waals surface area contributed by atoms with Gasteiger partial charge in [0.1, 0.15) is 5.65 Å². The zero-order valence-electron chi connectivity index (χ0n) is 19.9. The standard InChI is InChI=1S/C22H35BClFN2O2Si/c1-13(2)30(14(3)4,15(5)6)27-12-16(18-19(25)17(24)11-26-20(18)27)23-28-21(7,8)22(9,10)29-23/h11-15H,1-10H3. The van der Waals surface area contributed by atoms with Crippen LogP contribution in [0.4, 0.5) is 4.39 Å². The topological polar surface area (TPSA) is 36.3 Å². The first kappa shape index (κ1) is 23.8. The Morgan fingerprint density at radius 1 is 1.00 bits per heavy atom. The van der Waals surface area contributed by atoms with E-state index in [-0.39, 0.29) is 5.02 Å². The van der Waals surface area contributed by atoms with E-state index in [1.54, 1.807) is 0 Å². The van der Waals surface area contributed by atoms with Crippen LogP contribution in [0.5, 0.6) is 0 Å². The van der Waals surface area contributed by atoms with E-state index in [4.69, 9.17) is 20.9 Å². The second-order valence-corrected chi connectivity index (χ2v) is 16.6. The van der Waals surface area contributed by atoms with Crippen LogP contribution in [-0.2, 0) is 9.31 Å². The summed E-state index contributed by atoms with van der Waals surface area (Å²) in [7, 11) is -2.85. The number of fused-ring (bicyclic) bond motifs is 1. The van der Waals surface area contributed by atoms with Crippen molar-refractivity contribution in [3.05, 3.63) is 23.2 Å². The average molecular weight is 453 g/mol. The van der Waals surface area contributed by atoms with Crippen LogP contribution in [0.2, 0.25) is 21.6 Å². The Morgan fingerprint density at radius 2 is 1.47 bits per heavy atom. The highest BCUT2D eigenvalue weighted by Crippen LogP contribution is 2.45. The minimum Gasteiger partial charge on any atom is -0.399 e. The monoisotopic (exact) mass is 452 g/mol. The summed E-state index contributed by atoms with van der Waals surface area (Å²) in [4.78, 5) is 4.63. The summed E-state index contributed by atoms with van der Waals surface area (Å²) in [5.41, 5.74) is 1.58. The Labute approximate surface area is 186 Å². The number of halogens is 2. The number of aromatic nitrogens is 2. The zero-order valence-corrected chi connectivity index (χ0v) is 21.7. The molecule has 3 heterocycles. The van der Waals surface area contributed by atoms with Crippen molar-refractivity contribution >= 4 is 43.5 Å². The molecule has 30 heavy (non-hydrogen) atoms. The largest absolute Gasteiger partial charge is 0.497 e. The second-order valence-electron chi connectivity index (χ2n) is 10.5. The molecule has 0 amide bonds. The van der Waals surface area contributed by atoms with Gasteiger partial charge in [-0.2, -0.15) is 0 Å². The van der Waals surface area contributed by atoms with Crippen LogP contribution in [0.15, 0.2) is 12.4 Å². The molecule has 0 N–H and O–H groups in total. The molecule has 0 spiro atoms. The molecule has 0 bridgehead atoms. The highest BCUT2D eigenvalue weighted by Gasteiger charge is 2.54. The lowest BCUT2D eigenvalue weighted by Gasteiger charge is -2.44. The van der Waals surface area contributed by atoms with Crippen LogP contribution in [0.3, 0.4) is 0 Å². The predicted molar refractivity (Wildman–Crippen MR) is 127 cm³/mol. The fourth-order valence-corrected chi connectivity index (χ4v) is 12.1. The molecule has 0 aromatic carbocycles. The minimum absolute atomic E-state index is 0.0175. The quantitative estimate of drug-likeness (QED) is 0.510. The second kappa shape index (κ2) is 7.61. The van der Waals surface area contributed by atoms with E-state index in [0.29, 0.717) is 33.1 Å². The summed E-state index contributed by atoms with van der Waals surface area (Å²) >= 11 is 6.17. The van der Waals surface area contributed by atoms with Crippen LogP contribution < -0.4 is 5.46 Å². The number of nitrogens with zero attached hydrogens (tertiary/aromatic N) is 2. The van der Waals surface area contributed by atoms with Crippen molar-refractivity contribution in [1.29, 1.82) is 0 Å². The normalized spacial score (nSPS) is 19.1. The molecule has 2 aromatic heterocycles. The van der Waals surface area contributed by atoms with Gasteiger partial charge in [0.05, 0.1) is 27.8 Å². The van der Waals surface area contributed by atoms with Gasteiger partial charge in [-0.05, 0) is 50.5 Å². The van der Waals surface area contributed by atoms with Gasteiger partial charge in [0.2, 0.25) is 0 Å². The Morgan fingerprint density at radius 3 is 1.90 bits per heavy atom. The molecule has 1 aliphatic heterocycles. The summed E-state index contributed by atoms with van der Waals surface area (Å²) in [6, 6.07) is 0. The molecule has 0 atom stereocenters. The van der Waals surface area contributed by atoms with Gasteiger partial charge in [-0.25, -0.2) is 9.37 Å². The molecule has 0 radical (unpaired) electrons. The molecular formula is C22H35BClFN2O2Si. The average Bonchev–Trinajstić information content (AvgIpc) is 3.06. The first-order valence-electron chi connectivity index (χ1n) is 10.9.